The molecule has 1 atom stereocenters. The lowest BCUT2D eigenvalue weighted by atomic mass is 10.0. The minimum atomic E-state index is -0.0179. The Morgan fingerprint density at radius 3 is 2.59 bits per heavy atom. The molecule has 5 heteroatoms. The number of hydrogen-bond donors (Lipinski definition) is 1. The molecule has 1 aromatic heterocycles. The Labute approximate surface area is 131 Å². The van der Waals surface area contributed by atoms with Crippen molar-refractivity contribution >= 4 is 5.91 Å². The summed E-state index contributed by atoms with van der Waals surface area (Å²) in [5.74, 6) is -0.0179. The van der Waals surface area contributed by atoms with E-state index in [1.165, 1.54) is 0 Å². The zero-order valence-corrected chi connectivity index (χ0v) is 13.5. The maximum atomic E-state index is 12.3. The van der Waals surface area contributed by atoms with Gasteiger partial charge in [0.05, 0.1) is 11.7 Å². The Morgan fingerprint density at radius 2 is 2.00 bits per heavy atom. The second-order valence-electron chi connectivity index (χ2n) is 5.78. The molecule has 1 N–H and O–H groups in total. The van der Waals surface area contributed by atoms with E-state index in [9.17, 15) is 4.79 Å². The maximum absolute atomic E-state index is 12.3. The quantitative estimate of drug-likeness (QED) is 0.851. The molecular weight excluding hydrogens is 276 g/mol. The fraction of sp³-hybridized carbons (Fsp3) is 0.412. The van der Waals surface area contributed by atoms with Gasteiger partial charge in [-0.05, 0) is 45.6 Å². The number of benzene rings is 1. The smallest absolute Gasteiger partial charge is 0.242 e. The van der Waals surface area contributed by atoms with E-state index in [1.807, 2.05) is 51.5 Å². The topological polar surface area (TPSA) is 50.2 Å². The Morgan fingerprint density at radius 1 is 1.27 bits per heavy atom. The summed E-state index contributed by atoms with van der Waals surface area (Å²) >= 11 is 0. The molecule has 1 amide bonds. The van der Waals surface area contributed by atoms with Crippen LogP contribution >= 0.6 is 0 Å². The van der Waals surface area contributed by atoms with Gasteiger partial charge in [0.25, 0.3) is 0 Å². The zero-order valence-electron chi connectivity index (χ0n) is 13.5. The first kappa shape index (κ1) is 16.2. The van der Waals surface area contributed by atoms with Crippen molar-refractivity contribution in [3.8, 4) is 0 Å². The van der Waals surface area contributed by atoms with Crippen molar-refractivity contribution < 1.29 is 4.79 Å². The number of carbonyl (C=O) groups is 1. The minimum absolute atomic E-state index is 0.0179. The predicted octanol–water partition coefficient (Wildman–Crippen LogP) is 2.00. The van der Waals surface area contributed by atoms with Crippen LogP contribution in [-0.2, 0) is 11.3 Å². The van der Waals surface area contributed by atoms with Crippen LogP contribution in [0.4, 0.5) is 0 Å². The first-order valence-corrected chi connectivity index (χ1v) is 7.53. The molecule has 0 aliphatic rings. The Balaban J connectivity index is 2.00. The summed E-state index contributed by atoms with van der Waals surface area (Å²) in [6, 6.07) is 12.0. The summed E-state index contributed by atoms with van der Waals surface area (Å²) in [6.45, 7) is 3.08. The molecule has 0 fully saturated rings. The lowest BCUT2D eigenvalue weighted by Crippen LogP contribution is -2.33. The van der Waals surface area contributed by atoms with Gasteiger partial charge < -0.3 is 10.2 Å². The van der Waals surface area contributed by atoms with E-state index in [0.29, 0.717) is 0 Å². The van der Waals surface area contributed by atoms with Crippen LogP contribution in [0.25, 0.3) is 0 Å². The molecule has 2 aromatic rings. The summed E-state index contributed by atoms with van der Waals surface area (Å²) < 4.78 is 1.67. The van der Waals surface area contributed by atoms with Gasteiger partial charge in [-0.3, -0.25) is 9.48 Å². The molecule has 0 aliphatic carbocycles. The third-order valence-corrected chi connectivity index (χ3v) is 3.48. The Bertz CT molecular complexity index is 592. The van der Waals surface area contributed by atoms with Gasteiger partial charge in [0, 0.05) is 6.20 Å². The maximum Gasteiger partial charge on any atom is 0.242 e. The van der Waals surface area contributed by atoms with Crippen LogP contribution in [0.1, 0.15) is 23.7 Å². The number of nitrogens with one attached hydrogen (secondary N) is 1. The van der Waals surface area contributed by atoms with Gasteiger partial charge in [-0.2, -0.15) is 5.10 Å². The summed E-state index contributed by atoms with van der Waals surface area (Å²) in [5.41, 5.74) is 2.05. The van der Waals surface area contributed by atoms with Crippen LogP contribution < -0.4 is 5.32 Å². The molecule has 5 nitrogen and oxygen atoms in total. The Kier molecular flexibility index (Phi) is 5.72. The minimum Gasteiger partial charge on any atom is -0.348 e. The number of aryl methyl sites for hydroxylation is 1. The highest BCUT2D eigenvalue weighted by molar-refractivity contribution is 5.76. The number of rotatable bonds is 7. The molecule has 0 bridgehead atoms. The number of hydrogen-bond acceptors (Lipinski definition) is 3. The fourth-order valence-electron chi connectivity index (χ4n) is 2.33. The van der Waals surface area contributed by atoms with Gasteiger partial charge in [0.1, 0.15) is 6.54 Å². The van der Waals surface area contributed by atoms with E-state index in [4.69, 9.17) is 0 Å². The molecule has 0 aliphatic heterocycles. The zero-order chi connectivity index (χ0) is 15.9. The molecule has 1 heterocycles. The second-order valence-corrected chi connectivity index (χ2v) is 5.78. The van der Waals surface area contributed by atoms with Gasteiger partial charge in [-0.1, -0.05) is 30.3 Å². The van der Waals surface area contributed by atoms with Crippen LogP contribution in [0.5, 0.6) is 0 Å². The highest BCUT2D eigenvalue weighted by atomic mass is 16.2. The second kappa shape index (κ2) is 7.75. The molecule has 2 rings (SSSR count). The van der Waals surface area contributed by atoms with E-state index in [1.54, 1.807) is 4.68 Å². The highest BCUT2D eigenvalue weighted by Crippen LogP contribution is 2.16. The summed E-state index contributed by atoms with van der Waals surface area (Å²) in [4.78, 5) is 14.4. The first-order chi connectivity index (χ1) is 10.5. The third kappa shape index (κ3) is 5.00. The van der Waals surface area contributed by atoms with Crippen molar-refractivity contribution in [2.45, 2.75) is 25.9 Å². The molecular formula is C17H24N4O. The molecule has 1 unspecified atom stereocenters. The molecule has 0 spiro atoms. The molecule has 0 saturated carbocycles. The Hall–Kier alpha value is -2.14. The molecule has 118 valence electrons. The van der Waals surface area contributed by atoms with Crippen molar-refractivity contribution in [3.05, 3.63) is 53.9 Å². The predicted molar refractivity (Wildman–Crippen MR) is 87.5 cm³/mol. The third-order valence-electron chi connectivity index (χ3n) is 3.48. The van der Waals surface area contributed by atoms with Crippen molar-refractivity contribution in [2.24, 2.45) is 0 Å². The normalized spacial score (nSPS) is 12.4. The molecule has 22 heavy (non-hydrogen) atoms. The number of aromatic nitrogens is 2. The monoisotopic (exact) mass is 300 g/mol. The first-order valence-electron chi connectivity index (χ1n) is 7.53. The molecule has 1 aromatic carbocycles. The van der Waals surface area contributed by atoms with Gasteiger partial charge in [0.15, 0.2) is 0 Å². The number of carbonyl (C=O) groups excluding carboxylic acids is 1. The molecule has 0 radical (unpaired) electrons. The van der Waals surface area contributed by atoms with Gasteiger partial charge in [0.2, 0.25) is 5.91 Å². The van der Waals surface area contributed by atoms with Gasteiger partial charge in [-0.15, -0.1) is 0 Å². The van der Waals surface area contributed by atoms with Crippen LogP contribution in [0, 0.1) is 6.92 Å². The van der Waals surface area contributed by atoms with E-state index >= 15 is 0 Å². The van der Waals surface area contributed by atoms with E-state index in [0.717, 1.165) is 24.2 Å². The van der Waals surface area contributed by atoms with E-state index in [-0.39, 0.29) is 18.5 Å². The standard InChI is InChI=1S/C17H24N4O/c1-14-9-12-21(19-14)13-17(22)18-16(10-11-20(2)3)15-7-5-4-6-8-15/h4-9,12,16H,10-11,13H2,1-3H3,(H,18,22). The van der Waals surface area contributed by atoms with E-state index < -0.39 is 0 Å². The average molecular weight is 300 g/mol. The largest absolute Gasteiger partial charge is 0.348 e. The van der Waals surface area contributed by atoms with Crippen LogP contribution in [0.15, 0.2) is 42.6 Å². The lowest BCUT2D eigenvalue weighted by molar-refractivity contribution is -0.122. The fourth-order valence-corrected chi connectivity index (χ4v) is 2.33. The number of nitrogens with zero attached hydrogens (tertiary/aromatic N) is 3. The summed E-state index contributed by atoms with van der Waals surface area (Å²) in [7, 11) is 4.08. The molecule has 0 saturated heterocycles. The SMILES string of the molecule is Cc1ccn(CC(=O)NC(CCN(C)C)c2ccccc2)n1. The summed E-state index contributed by atoms with van der Waals surface area (Å²) in [5, 5.41) is 7.37. The highest BCUT2D eigenvalue weighted by Gasteiger charge is 2.15. The van der Waals surface area contributed by atoms with Crippen molar-refractivity contribution in [1.29, 1.82) is 0 Å². The lowest BCUT2D eigenvalue weighted by Gasteiger charge is -2.21. The van der Waals surface area contributed by atoms with Gasteiger partial charge >= 0.3 is 0 Å². The van der Waals surface area contributed by atoms with Crippen LogP contribution in [0.2, 0.25) is 0 Å². The van der Waals surface area contributed by atoms with Crippen molar-refractivity contribution in [1.82, 2.24) is 20.0 Å². The van der Waals surface area contributed by atoms with Gasteiger partial charge in [-0.25, -0.2) is 0 Å². The van der Waals surface area contributed by atoms with Crippen molar-refractivity contribution in [3.63, 3.8) is 0 Å². The van der Waals surface area contributed by atoms with E-state index in [2.05, 4.69) is 27.4 Å². The summed E-state index contributed by atoms with van der Waals surface area (Å²) in [6.07, 6.45) is 2.70. The number of amides is 1. The van der Waals surface area contributed by atoms with Crippen LogP contribution in [-0.4, -0.2) is 41.2 Å². The van der Waals surface area contributed by atoms with Crippen molar-refractivity contribution in [2.75, 3.05) is 20.6 Å². The van der Waals surface area contributed by atoms with Crippen LogP contribution in [0.3, 0.4) is 0 Å². The average Bonchev–Trinajstić information content (AvgIpc) is 2.89.